The molecular weight excluding hydrogens is 711 g/mol. The van der Waals surface area contributed by atoms with Crippen molar-refractivity contribution in [2.24, 2.45) is 0 Å². The van der Waals surface area contributed by atoms with Crippen LogP contribution in [0.15, 0.2) is 205 Å². The molecule has 0 aliphatic carbocycles. The van der Waals surface area contributed by atoms with E-state index < -0.39 is 0 Å². The minimum atomic E-state index is 0.888. The number of thiophene rings is 1. The van der Waals surface area contributed by atoms with Crippen LogP contribution in [-0.2, 0) is 0 Å². The average Bonchev–Trinajstić information content (AvgIpc) is 3.96. The third-order valence-electron chi connectivity index (χ3n) is 11.6. The normalized spacial score (nSPS) is 11.9. The monoisotopic (exact) mass is 743 g/mol. The first-order valence-corrected chi connectivity index (χ1v) is 20.2. The highest BCUT2D eigenvalue weighted by molar-refractivity contribution is 7.26. The van der Waals surface area contributed by atoms with Crippen LogP contribution in [0.2, 0.25) is 0 Å². The van der Waals surface area contributed by atoms with Crippen molar-refractivity contribution in [1.82, 2.24) is 4.57 Å². The van der Waals surface area contributed by atoms with Gasteiger partial charge in [0.1, 0.15) is 11.2 Å². The zero-order valence-corrected chi connectivity index (χ0v) is 31.6. The molecular formula is C54H33NOS. The molecule has 0 saturated carbocycles. The molecule has 9 aromatic carbocycles. The van der Waals surface area contributed by atoms with Gasteiger partial charge in [-0.25, -0.2) is 0 Å². The van der Waals surface area contributed by atoms with Crippen molar-refractivity contribution in [1.29, 1.82) is 0 Å². The molecule has 0 aliphatic heterocycles. The predicted octanol–water partition coefficient (Wildman–Crippen LogP) is 15.7. The number of hydrogen-bond donors (Lipinski definition) is 0. The van der Waals surface area contributed by atoms with Gasteiger partial charge in [0, 0.05) is 58.4 Å². The van der Waals surface area contributed by atoms with Crippen molar-refractivity contribution in [3.05, 3.63) is 200 Å². The summed E-state index contributed by atoms with van der Waals surface area (Å²) in [6.07, 6.45) is 0. The Balaban J connectivity index is 1.27. The van der Waals surface area contributed by atoms with Crippen LogP contribution >= 0.6 is 11.3 Å². The molecule has 12 aromatic rings. The second-order valence-electron chi connectivity index (χ2n) is 14.8. The van der Waals surface area contributed by atoms with Gasteiger partial charge in [-0.3, -0.25) is 0 Å². The number of fused-ring (bicyclic) bond motifs is 10. The molecule has 0 atom stereocenters. The van der Waals surface area contributed by atoms with Gasteiger partial charge in [0.05, 0.1) is 16.7 Å². The standard InChI is InChI=1S/C54H33NOS/c1-4-16-34(17-5-1)37-30-45(54-46(31-37)40-23-11-14-26-48(40)56-54)38-32-43(35-18-6-2-7-19-35)52(44(33-38)36-20-8-3-9-21-36)55-47-25-13-10-22-39(47)41-28-29-50-51(53(41)55)42-24-12-15-27-49(42)57-50/h1-33H. The molecule has 0 radical (unpaired) electrons. The number of aromatic nitrogens is 1. The number of hydrogen-bond acceptors (Lipinski definition) is 2. The Morgan fingerprint density at radius 1 is 0.368 bits per heavy atom. The molecule has 266 valence electrons. The number of furan rings is 1. The molecule has 0 unspecified atom stereocenters. The number of para-hydroxylation sites is 2. The van der Waals surface area contributed by atoms with Crippen LogP contribution in [0.3, 0.4) is 0 Å². The van der Waals surface area contributed by atoms with Gasteiger partial charge >= 0.3 is 0 Å². The SMILES string of the molecule is c1ccc(-c2cc(-c3cc(-c4ccccc4)c(-n4c5ccccc5c5ccc6sc7ccccc7c6c54)c(-c4ccccc4)c3)c3oc4ccccc4c3c2)cc1. The zero-order valence-electron chi connectivity index (χ0n) is 30.8. The van der Waals surface area contributed by atoms with Crippen molar-refractivity contribution in [3.8, 4) is 50.2 Å². The first-order valence-electron chi connectivity index (χ1n) is 19.4. The first-order chi connectivity index (χ1) is 28.3. The van der Waals surface area contributed by atoms with E-state index in [0.29, 0.717) is 0 Å². The van der Waals surface area contributed by atoms with E-state index >= 15 is 0 Å². The minimum absolute atomic E-state index is 0.888. The Bertz CT molecular complexity index is 3440. The summed E-state index contributed by atoms with van der Waals surface area (Å²) in [4.78, 5) is 0. The maximum atomic E-state index is 6.81. The molecule has 0 amide bonds. The van der Waals surface area contributed by atoms with Crippen molar-refractivity contribution >= 4 is 75.3 Å². The van der Waals surface area contributed by atoms with Crippen molar-refractivity contribution < 1.29 is 4.42 Å². The fraction of sp³-hybridized carbons (Fsp3) is 0. The van der Waals surface area contributed by atoms with Gasteiger partial charge in [-0.15, -0.1) is 11.3 Å². The molecule has 0 fully saturated rings. The highest BCUT2D eigenvalue weighted by atomic mass is 32.1. The molecule has 0 spiro atoms. The first kappa shape index (κ1) is 32.1. The van der Waals surface area contributed by atoms with Crippen LogP contribution in [0, 0.1) is 0 Å². The summed E-state index contributed by atoms with van der Waals surface area (Å²) in [5.41, 5.74) is 14.5. The van der Waals surface area contributed by atoms with Gasteiger partial charge in [0.15, 0.2) is 0 Å². The van der Waals surface area contributed by atoms with Crippen LogP contribution < -0.4 is 0 Å². The molecule has 0 bridgehead atoms. The van der Waals surface area contributed by atoms with Crippen LogP contribution in [0.1, 0.15) is 0 Å². The summed E-state index contributed by atoms with van der Waals surface area (Å²) in [5.74, 6) is 0. The highest BCUT2D eigenvalue weighted by Crippen LogP contribution is 2.49. The number of benzene rings is 9. The lowest BCUT2D eigenvalue weighted by Gasteiger charge is -2.22. The van der Waals surface area contributed by atoms with Crippen LogP contribution in [-0.4, -0.2) is 4.57 Å². The van der Waals surface area contributed by atoms with Crippen LogP contribution in [0.25, 0.3) is 114 Å². The summed E-state index contributed by atoms with van der Waals surface area (Å²) < 4.78 is 12.0. The van der Waals surface area contributed by atoms with Crippen molar-refractivity contribution in [3.63, 3.8) is 0 Å². The molecule has 2 nitrogen and oxygen atoms in total. The fourth-order valence-corrected chi connectivity index (χ4v) is 10.2. The lowest BCUT2D eigenvalue weighted by atomic mass is 9.89. The number of rotatable bonds is 5. The predicted molar refractivity (Wildman–Crippen MR) is 243 cm³/mol. The summed E-state index contributed by atoms with van der Waals surface area (Å²) in [7, 11) is 0. The Hall–Kier alpha value is -7.20. The summed E-state index contributed by atoms with van der Waals surface area (Å²) >= 11 is 1.87. The summed E-state index contributed by atoms with van der Waals surface area (Å²) in [6.45, 7) is 0. The van der Waals surface area contributed by atoms with E-state index in [1.165, 1.54) is 47.5 Å². The maximum absolute atomic E-state index is 6.81. The van der Waals surface area contributed by atoms with Crippen LogP contribution in [0.4, 0.5) is 0 Å². The van der Waals surface area contributed by atoms with E-state index in [0.717, 1.165) is 66.6 Å². The van der Waals surface area contributed by atoms with Crippen LogP contribution in [0.5, 0.6) is 0 Å². The van der Waals surface area contributed by atoms with Gasteiger partial charge in [-0.1, -0.05) is 152 Å². The molecule has 0 N–H and O–H groups in total. The zero-order chi connectivity index (χ0) is 37.5. The smallest absolute Gasteiger partial charge is 0.143 e. The van der Waals surface area contributed by atoms with E-state index in [1.807, 2.05) is 11.3 Å². The van der Waals surface area contributed by atoms with Gasteiger partial charge in [0.2, 0.25) is 0 Å². The molecule has 12 rings (SSSR count). The number of nitrogens with zero attached hydrogens (tertiary/aromatic N) is 1. The maximum Gasteiger partial charge on any atom is 0.143 e. The average molecular weight is 744 g/mol. The van der Waals surface area contributed by atoms with E-state index in [9.17, 15) is 0 Å². The van der Waals surface area contributed by atoms with Crippen molar-refractivity contribution in [2.45, 2.75) is 0 Å². The molecule has 3 aromatic heterocycles. The van der Waals surface area contributed by atoms with Gasteiger partial charge in [-0.05, 0) is 76.3 Å². The van der Waals surface area contributed by atoms with E-state index in [1.54, 1.807) is 0 Å². The summed E-state index contributed by atoms with van der Waals surface area (Å²) in [5, 5.41) is 7.31. The van der Waals surface area contributed by atoms with E-state index in [-0.39, 0.29) is 0 Å². The quantitative estimate of drug-likeness (QED) is 0.172. The fourth-order valence-electron chi connectivity index (χ4n) is 9.04. The van der Waals surface area contributed by atoms with Gasteiger partial charge in [-0.2, -0.15) is 0 Å². The Labute approximate surface area is 333 Å². The molecule has 3 heterocycles. The molecule has 0 aliphatic rings. The lowest BCUT2D eigenvalue weighted by molar-refractivity contribution is 0.670. The second-order valence-corrected chi connectivity index (χ2v) is 15.9. The largest absolute Gasteiger partial charge is 0.455 e. The Morgan fingerprint density at radius 3 is 1.67 bits per heavy atom. The van der Waals surface area contributed by atoms with Gasteiger partial charge < -0.3 is 8.98 Å². The third-order valence-corrected chi connectivity index (χ3v) is 12.7. The van der Waals surface area contributed by atoms with Gasteiger partial charge in [0.25, 0.3) is 0 Å². The lowest BCUT2D eigenvalue weighted by Crippen LogP contribution is -2.02. The van der Waals surface area contributed by atoms with E-state index in [2.05, 4.69) is 205 Å². The summed E-state index contributed by atoms with van der Waals surface area (Å²) in [6, 6.07) is 72.7. The highest BCUT2D eigenvalue weighted by Gasteiger charge is 2.25. The molecule has 3 heteroatoms. The topological polar surface area (TPSA) is 18.1 Å². The second kappa shape index (κ2) is 12.7. The molecule has 57 heavy (non-hydrogen) atoms. The Morgan fingerprint density at radius 2 is 0.947 bits per heavy atom. The minimum Gasteiger partial charge on any atom is -0.455 e. The third kappa shape index (κ3) is 4.96. The Kier molecular flexibility index (Phi) is 7.13. The van der Waals surface area contributed by atoms with E-state index in [4.69, 9.17) is 4.42 Å². The van der Waals surface area contributed by atoms with Crippen molar-refractivity contribution in [2.75, 3.05) is 0 Å². The molecule has 0 saturated heterocycles.